The van der Waals surface area contributed by atoms with Crippen molar-refractivity contribution in [3.63, 3.8) is 0 Å². The summed E-state index contributed by atoms with van der Waals surface area (Å²) < 4.78 is 1.69. The zero-order chi connectivity index (χ0) is 11.1. The molecule has 2 atom stereocenters. The normalized spacial score (nSPS) is 29.3. The lowest BCUT2D eigenvalue weighted by Gasteiger charge is -2.27. The summed E-state index contributed by atoms with van der Waals surface area (Å²) in [5, 5.41) is 13.2. The van der Waals surface area contributed by atoms with E-state index in [1.807, 2.05) is 0 Å². The Balaban J connectivity index is 1.97. The van der Waals surface area contributed by atoms with Crippen LogP contribution in [0.25, 0.3) is 0 Å². The van der Waals surface area contributed by atoms with Crippen molar-refractivity contribution in [1.29, 1.82) is 0 Å². The lowest BCUT2D eigenvalue weighted by Crippen LogP contribution is -2.34. The molecule has 0 aromatic carbocycles. The van der Waals surface area contributed by atoms with Crippen LogP contribution in [0.2, 0.25) is 0 Å². The van der Waals surface area contributed by atoms with E-state index in [9.17, 15) is 9.90 Å². The molecule has 88 valence electrons. The molecule has 2 aliphatic rings. The number of H-pyrrole nitrogens is 1. The number of aliphatic hydroxyl groups is 1. The number of rotatable bonds is 1. The van der Waals surface area contributed by atoms with E-state index in [1.165, 1.54) is 0 Å². The van der Waals surface area contributed by atoms with E-state index in [2.05, 4.69) is 5.10 Å². The molecule has 2 aliphatic carbocycles. The predicted octanol–water partition coefficient (Wildman–Crippen LogP) is 1.14. The van der Waals surface area contributed by atoms with Gasteiger partial charge in [-0.05, 0) is 32.1 Å². The standard InChI is InChI=1S/C12H18N2O2/c15-11-7-2-1-6-10(11)14-12(16)8-4-3-5-9(8)13-14/h10-11,13,15H,1-7H2. The maximum Gasteiger partial charge on any atom is 0.270 e. The Kier molecular flexibility index (Phi) is 2.39. The van der Waals surface area contributed by atoms with Crippen LogP contribution in [0.1, 0.15) is 49.4 Å². The summed E-state index contributed by atoms with van der Waals surface area (Å²) in [6.45, 7) is 0. The number of aryl methyl sites for hydroxylation is 1. The molecule has 2 unspecified atom stereocenters. The summed E-state index contributed by atoms with van der Waals surface area (Å²) in [4.78, 5) is 12.1. The van der Waals surface area contributed by atoms with Crippen LogP contribution in [-0.4, -0.2) is 21.0 Å². The molecule has 0 saturated heterocycles. The average molecular weight is 222 g/mol. The van der Waals surface area contributed by atoms with Crippen LogP contribution in [0, 0.1) is 0 Å². The molecular weight excluding hydrogens is 204 g/mol. The number of fused-ring (bicyclic) bond motifs is 1. The second-order valence-corrected chi connectivity index (χ2v) is 5.02. The Labute approximate surface area is 94.3 Å². The smallest absolute Gasteiger partial charge is 0.270 e. The molecule has 1 fully saturated rings. The van der Waals surface area contributed by atoms with Crippen molar-refractivity contribution in [2.45, 2.75) is 57.1 Å². The maximum atomic E-state index is 12.1. The number of aromatic amines is 1. The Hall–Kier alpha value is -1.03. The minimum absolute atomic E-state index is 0.0214. The Morgan fingerprint density at radius 3 is 2.75 bits per heavy atom. The number of aromatic nitrogens is 2. The molecule has 0 radical (unpaired) electrons. The van der Waals surface area contributed by atoms with Gasteiger partial charge >= 0.3 is 0 Å². The highest BCUT2D eigenvalue weighted by Crippen LogP contribution is 2.28. The first-order valence-corrected chi connectivity index (χ1v) is 6.27. The minimum Gasteiger partial charge on any atom is -0.391 e. The van der Waals surface area contributed by atoms with E-state index in [0.717, 1.165) is 56.2 Å². The van der Waals surface area contributed by atoms with Gasteiger partial charge in [-0.2, -0.15) is 0 Å². The summed E-state index contributed by atoms with van der Waals surface area (Å²) in [6.07, 6.45) is 6.54. The van der Waals surface area contributed by atoms with Crippen molar-refractivity contribution < 1.29 is 5.11 Å². The zero-order valence-electron chi connectivity index (χ0n) is 9.41. The molecule has 3 rings (SSSR count). The molecule has 1 heterocycles. The number of nitrogens with zero attached hydrogens (tertiary/aromatic N) is 1. The van der Waals surface area contributed by atoms with E-state index in [1.54, 1.807) is 4.68 Å². The van der Waals surface area contributed by atoms with Crippen molar-refractivity contribution in [3.8, 4) is 0 Å². The fourth-order valence-corrected chi connectivity index (χ4v) is 3.07. The fourth-order valence-electron chi connectivity index (χ4n) is 3.07. The molecule has 1 saturated carbocycles. The van der Waals surface area contributed by atoms with Crippen LogP contribution in [0.5, 0.6) is 0 Å². The van der Waals surface area contributed by atoms with Gasteiger partial charge in [0.25, 0.3) is 5.56 Å². The highest BCUT2D eigenvalue weighted by molar-refractivity contribution is 5.22. The van der Waals surface area contributed by atoms with Gasteiger partial charge in [0.2, 0.25) is 0 Å². The highest BCUT2D eigenvalue weighted by Gasteiger charge is 2.29. The lowest BCUT2D eigenvalue weighted by atomic mass is 9.93. The third-order valence-corrected chi connectivity index (χ3v) is 3.98. The third-order valence-electron chi connectivity index (χ3n) is 3.98. The molecule has 0 spiro atoms. The number of hydrogen-bond donors (Lipinski definition) is 2. The molecular formula is C12H18N2O2. The van der Waals surface area contributed by atoms with Crippen LogP contribution in [0.4, 0.5) is 0 Å². The molecule has 0 bridgehead atoms. The Bertz CT molecular complexity index is 446. The van der Waals surface area contributed by atoms with Gasteiger partial charge in [0.15, 0.2) is 0 Å². The van der Waals surface area contributed by atoms with Gasteiger partial charge in [-0.1, -0.05) is 12.8 Å². The van der Waals surface area contributed by atoms with Crippen molar-refractivity contribution in [2.75, 3.05) is 0 Å². The van der Waals surface area contributed by atoms with Crippen molar-refractivity contribution in [1.82, 2.24) is 9.78 Å². The molecule has 4 heteroatoms. The minimum atomic E-state index is -0.356. The van der Waals surface area contributed by atoms with E-state index >= 15 is 0 Å². The summed E-state index contributed by atoms with van der Waals surface area (Å²) in [6, 6.07) is -0.0214. The summed E-state index contributed by atoms with van der Waals surface area (Å²) >= 11 is 0. The summed E-state index contributed by atoms with van der Waals surface area (Å²) in [5.74, 6) is 0. The van der Waals surface area contributed by atoms with Crippen molar-refractivity contribution in [2.24, 2.45) is 0 Å². The number of aliphatic hydroxyl groups excluding tert-OH is 1. The molecule has 1 aromatic rings. The first-order valence-electron chi connectivity index (χ1n) is 6.27. The van der Waals surface area contributed by atoms with Gasteiger partial charge in [0.1, 0.15) is 0 Å². The first-order chi connectivity index (χ1) is 7.77. The Morgan fingerprint density at radius 2 is 2.00 bits per heavy atom. The van der Waals surface area contributed by atoms with Gasteiger partial charge in [-0.3, -0.25) is 9.89 Å². The third kappa shape index (κ3) is 1.44. The topological polar surface area (TPSA) is 58.0 Å². The second-order valence-electron chi connectivity index (χ2n) is 5.02. The van der Waals surface area contributed by atoms with Crippen LogP contribution in [0.3, 0.4) is 0 Å². The zero-order valence-corrected chi connectivity index (χ0v) is 9.41. The predicted molar refractivity (Wildman–Crippen MR) is 60.6 cm³/mol. The average Bonchev–Trinajstić information content (AvgIpc) is 2.83. The van der Waals surface area contributed by atoms with Gasteiger partial charge in [0, 0.05) is 11.3 Å². The number of hydrogen-bond acceptors (Lipinski definition) is 2. The molecule has 0 aliphatic heterocycles. The van der Waals surface area contributed by atoms with Crippen LogP contribution in [-0.2, 0) is 12.8 Å². The van der Waals surface area contributed by atoms with Gasteiger partial charge < -0.3 is 5.11 Å². The molecule has 1 aromatic heterocycles. The first kappa shape index (κ1) is 10.1. The largest absolute Gasteiger partial charge is 0.391 e. The van der Waals surface area contributed by atoms with Gasteiger partial charge in [0.05, 0.1) is 12.1 Å². The van der Waals surface area contributed by atoms with Crippen LogP contribution >= 0.6 is 0 Å². The fraction of sp³-hybridized carbons (Fsp3) is 0.750. The molecule has 0 amide bonds. The lowest BCUT2D eigenvalue weighted by molar-refractivity contribution is 0.0675. The number of nitrogens with one attached hydrogen (secondary N) is 1. The molecule has 2 N–H and O–H groups in total. The SMILES string of the molecule is O=c1c2c([nH]n1C1CCCCC1O)CCC2. The van der Waals surface area contributed by atoms with Crippen LogP contribution in [0.15, 0.2) is 4.79 Å². The quantitative estimate of drug-likeness (QED) is 0.748. The van der Waals surface area contributed by atoms with E-state index < -0.39 is 0 Å². The summed E-state index contributed by atoms with van der Waals surface area (Å²) in [5.41, 5.74) is 2.17. The summed E-state index contributed by atoms with van der Waals surface area (Å²) in [7, 11) is 0. The monoisotopic (exact) mass is 222 g/mol. The van der Waals surface area contributed by atoms with Gasteiger partial charge in [-0.25, -0.2) is 4.68 Å². The van der Waals surface area contributed by atoms with E-state index in [-0.39, 0.29) is 17.7 Å². The maximum absolute atomic E-state index is 12.1. The highest BCUT2D eigenvalue weighted by atomic mass is 16.3. The molecule has 16 heavy (non-hydrogen) atoms. The van der Waals surface area contributed by atoms with Crippen molar-refractivity contribution in [3.05, 3.63) is 21.6 Å². The second kappa shape index (κ2) is 3.77. The van der Waals surface area contributed by atoms with Crippen LogP contribution < -0.4 is 5.56 Å². The van der Waals surface area contributed by atoms with Gasteiger partial charge in [-0.15, -0.1) is 0 Å². The van der Waals surface area contributed by atoms with E-state index in [4.69, 9.17) is 0 Å². The molecule has 4 nitrogen and oxygen atoms in total. The van der Waals surface area contributed by atoms with Crippen molar-refractivity contribution >= 4 is 0 Å². The Morgan fingerprint density at radius 1 is 1.19 bits per heavy atom. The van der Waals surface area contributed by atoms with E-state index in [0.29, 0.717) is 0 Å².